The number of halogens is 1. The van der Waals surface area contributed by atoms with Crippen LogP contribution in [0.2, 0.25) is 0 Å². The molecule has 2 fully saturated rings. The normalized spacial score (nSPS) is 21.4. The van der Waals surface area contributed by atoms with Gasteiger partial charge in [0.05, 0.1) is 0 Å². The van der Waals surface area contributed by atoms with Crippen molar-refractivity contribution >= 4 is 29.9 Å². The molecule has 1 aromatic rings. The summed E-state index contributed by atoms with van der Waals surface area (Å²) in [4.78, 5) is 9.58. The maximum Gasteiger partial charge on any atom is 0.191 e. The van der Waals surface area contributed by atoms with Crippen LogP contribution >= 0.6 is 24.0 Å². The molecule has 6 heteroatoms. The molecule has 0 saturated carbocycles. The highest BCUT2D eigenvalue weighted by Gasteiger charge is 2.22. The van der Waals surface area contributed by atoms with E-state index in [1.165, 1.54) is 62.9 Å². The molecule has 0 bridgehead atoms. The Hall–Kier alpha value is -0.860. The Morgan fingerprint density at radius 2 is 1.79 bits per heavy atom. The second-order valence-electron chi connectivity index (χ2n) is 7.84. The summed E-state index contributed by atoms with van der Waals surface area (Å²) in [5.74, 6) is 0.908. The SMILES string of the molecule is CCN1CCCC1CNC(=NC)NCc1ccccc1CN1CCCCC1.I. The van der Waals surface area contributed by atoms with Crippen LogP contribution in [-0.2, 0) is 13.1 Å². The van der Waals surface area contributed by atoms with Crippen molar-refractivity contribution < 1.29 is 0 Å². The van der Waals surface area contributed by atoms with Crippen molar-refractivity contribution in [1.29, 1.82) is 0 Å². The van der Waals surface area contributed by atoms with Crippen LogP contribution in [0.4, 0.5) is 0 Å². The van der Waals surface area contributed by atoms with Crippen molar-refractivity contribution in [2.45, 2.75) is 58.2 Å². The first-order valence-corrected chi connectivity index (χ1v) is 10.8. The quantitative estimate of drug-likeness (QED) is 0.343. The molecule has 2 saturated heterocycles. The maximum atomic E-state index is 4.43. The van der Waals surface area contributed by atoms with E-state index in [9.17, 15) is 0 Å². The van der Waals surface area contributed by atoms with Gasteiger partial charge in [-0.05, 0) is 63.0 Å². The first-order chi connectivity index (χ1) is 13.3. The second-order valence-corrected chi connectivity index (χ2v) is 7.84. The topological polar surface area (TPSA) is 42.9 Å². The largest absolute Gasteiger partial charge is 0.355 e. The number of guanidine groups is 1. The average Bonchev–Trinajstić information content (AvgIpc) is 3.17. The minimum Gasteiger partial charge on any atom is -0.355 e. The van der Waals surface area contributed by atoms with Gasteiger partial charge in [0, 0.05) is 32.7 Å². The van der Waals surface area contributed by atoms with Crippen molar-refractivity contribution in [1.82, 2.24) is 20.4 Å². The average molecular weight is 499 g/mol. The molecule has 28 heavy (non-hydrogen) atoms. The number of benzene rings is 1. The van der Waals surface area contributed by atoms with Crippen LogP contribution in [0.25, 0.3) is 0 Å². The Balaban J connectivity index is 0.00000280. The summed E-state index contributed by atoms with van der Waals surface area (Å²) in [5.41, 5.74) is 2.82. The third-order valence-corrected chi connectivity index (χ3v) is 6.04. The molecule has 2 N–H and O–H groups in total. The Labute approximate surface area is 188 Å². The molecule has 1 aromatic carbocycles. The summed E-state index contributed by atoms with van der Waals surface area (Å²) < 4.78 is 0. The van der Waals surface area contributed by atoms with Crippen LogP contribution in [0.3, 0.4) is 0 Å². The summed E-state index contributed by atoms with van der Waals surface area (Å²) in [5, 5.41) is 7.06. The molecule has 2 heterocycles. The van der Waals surface area contributed by atoms with Gasteiger partial charge in [-0.15, -0.1) is 24.0 Å². The van der Waals surface area contributed by atoms with Crippen LogP contribution in [-0.4, -0.2) is 61.6 Å². The maximum absolute atomic E-state index is 4.43. The summed E-state index contributed by atoms with van der Waals surface area (Å²) in [6, 6.07) is 9.47. The van der Waals surface area contributed by atoms with E-state index in [1.54, 1.807) is 0 Å². The zero-order valence-corrected chi connectivity index (χ0v) is 20.0. The van der Waals surface area contributed by atoms with Gasteiger partial charge in [0.25, 0.3) is 0 Å². The van der Waals surface area contributed by atoms with E-state index in [-0.39, 0.29) is 24.0 Å². The molecular weight excluding hydrogens is 461 g/mol. The van der Waals surface area contributed by atoms with Crippen molar-refractivity contribution in [3.05, 3.63) is 35.4 Å². The second kappa shape index (κ2) is 12.6. The summed E-state index contributed by atoms with van der Waals surface area (Å²) in [6.45, 7) is 9.97. The molecule has 5 nitrogen and oxygen atoms in total. The van der Waals surface area contributed by atoms with E-state index in [1.807, 2.05) is 7.05 Å². The predicted octanol–water partition coefficient (Wildman–Crippen LogP) is 3.44. The van der Waals surface area contributed by atoms with E-state index < -0.39 is 0 Å². The number of hydrogen-bond acceptors (Lipinski definition) is 3. The first kappa shape index (κ1) is 23.4. The number of piperidine rings is 1. The van der Waals surface area contributed by atoms with Gasteiger partial charge in [-0.25, -0.2) is 0 Å². The Bertz CT molecular complexity index is 600. The zero-order valence-electron chi connectivity index (χ0n) is 17.6. The Morgan fingerprint density at radius 1 is 1.04 bits per heavy atom. The zero-order chi connectivity index (χ0) is 18.9. The molecule has 0 radical (unpaired) electrons. The van der Waals surface area contributed by atoms with Crippen molar-refractivity contribution in [2.24, 2.45) is 4.99 Å². The molecule has 2 aliphatic rings. The van der Waals surface area contributed by atoms with Crippen molar-refractivity contribution in [3.63, 3.8) is 0 Å². The minimum atomic E-state index is 0. The van der Waals surface area contributed by atoms with Gasteiger partial charge in [-0.3, -0.25) is 14.8 Å². The van der Waals surface area contributed by atoms with Crippen LogP contribution in [0.1, 0.15) is 50.2 Å². The number of nitrogens with zero attached hydrogens (tertiary/aromatic N) is 3. The van der Waals surface area contributed by atoms with Gasteiger partial charge in [-0.2, -0.15) is 0 Å². The van der Waals surface area contributed by atoms with Gasteiger partial charge in [0.1, 0.15) is 0 Å². The summed E-state index contributed by atoms with van der Waals surface area (Å²) in [6.07, 6.45) is 6.67. The molecule has 0 aromatic heterocycles. The van der Waals surface area contributed by atoms with Gasteiger partial charge < -0.3 is 10.6 Å². The lowest BCUT2D eigenvalue weighted by Gasteiger charge is -2.27. The molecule has 0 aliphatic carbocycles. The lowest BCUT2D eigenvalue weighted by molar-refractivity contribution is 0.220. The lowest BCUT2D eigenvalue weighted by Crippen LogP contribution is -2.44. The third kappa shape index (κ3) is 6.88. The third-order valence-electron chi connectivity index (χ3n) is 6.04. The fraction of sp³-hybridized carbons (Fsp3) is 0.682. The fourth-order valence-electron chi connectivity index (χ4n) is 4.40. The highest BCUT2D eigenvalue weighted by molar-refractivity contribution is 14.0. The molecule has 2 aliphatic heterocycles. The summed E-state index contributed by atoms with van der Waals surface area (Å²) >= 11 is 0. The number of hydrogen-bond donors (Lipinski definition) is 2. The van der Waals surface area contributed by atoms with Crippen molar-refractivity contribution in [2.75, 3.05) is 39.8 Å². The highest BCUT2D eigenvalue weighted by Crippen LogP contribution is 2.17. The number of nitrogens with one attached hydrogen (secondary N) is 2. The molecule has 158 valence electrons. The lowest BCUT2D eigenvalue weighted by atomic mass is 10.0. The predicted molar refractivity (Wildman–Crippen MR) is 129 cm³/mol. The van der Waals surface area contributed by atoms with Crippen molar-refractivity contribution in [3.8, 4) is 0 Å². The number of likely N-dealkylation sites (N-methyl/N-ethyl adjacent to an activating group) is 1. The molecular formula is C22H38IN5. The monoisotopic (exact) mass is 499 g/mol. The van der Waals surface area contributed by atoms with E-state index in [2.05, 4.69) is 56.6 Å². The smallest absolute Gasteiger partial charge is 0.191 e. The Morgan fingerprint density at radius 3 is 2.50 bits per heavy atom. The number of rotatable bonds is 7. The fourth-order valence-corrected chi connectivity index (χ4v) is 4.40. The van der Waals surface area contributed by atoms with Gasteiger partial charge >= 0.3 is 0 Å². The van der Waals surface area contributed by atoms with E-state index in [4.69, 9.17) is 0 Å². The summed E-state index contributed by atoms with van der Waals surface area (Å²) in [7, 11) is 1.86. The van der Waals surface area contributed by atoms with Crippen LogP contribution in [0.15, 0.2) is 29.3 Å². The number of likely N-dealkylation sites (tertiary alicyclic amines) is 2. The molecule has 3 rings (SSSR count). The van der Waals surface area contributed by atoms with E-state index >= 15 is 0 Å². The number of aliphatic imine (C=N–C) groups is 1. The van der Waals surface area contributed by atoms with Crippen LogP contribution < -0.4 is 10.6 Å². The van der Waals surface area contributed by atoms with Crippen LogP contribution in [0.5, 0.6) is 0 Å². The van der Waals surface area contributed by atoms with Gasteiger partial charge in [0.15, 0.2) is 5.96 Å². The van der Waals surface area contributed by atoms with Gasteiger partial charge in [0.2, 0.25) is 0 Å². The minimum absolute atomic E-state index is 0. The van der Waals surface area contributed by atoms with E-state index in [0.717, 1.165) is 32.1 Å². The van der Waals surface area contributed by atoms with Crippen LogP contribution in [0, 0.1) is 0 Å². The first-order valence-electron chi connectivity index (χ1n) is 10.8. The molecule has 1 atom stereocenters. The Kier molecular flexibility index (Phi) is 10.6. The standard InChI is InChI=1S/C22H37N5.HI/c1-3-27-15-9-12-21(27)17-25-22(23-2)24-16-19-10-5-6-11-20(19)18-26-13-7-4-8-14-26;/h5-6,10-11,21H,3-4,7-9,12-18H2,1-2H3,(H2,23,24,25);1H. The molecule has 0 amide bonds. The van der Waals surface area contributed by atoms with E-state index in [0.29, 0.717) is 6.04 Å². The molecule has 1 unspecified atom stereocenters. The van der Waals surface area contributed by atoms with Gasteiger partial charge in [-0.1, -0.05) is 37.6 Å². The highest BCUT2D eigenvalue weighted by atomic mass is 127. The molecule has 0 spiro atoms.